The zero-order valence-corrected chi connectivity index (χ0v) is 11.8. The number of nitrogens with zero attached hydrogens (tertiary/aromatic N) is 5. The summed E-state index contributed by atoms with van der Waals surface area (Å²) in [6.45, 7) is 8.21. The molecule has 2 rings (SSSR count). The van der Waals surface area contributed by atoms with E-state index in [1.807, 2.05) is 20.8 Å². The first-order chi connectivity index (χ1) is 8.88. The third-order valence-corrected chi connectivity index (χ3v) is 2.73. The van der Waals surface area contributed by atoms with E-state index in [2.05, 4.69) is 15.3 Å². The Morgan fingerprint density at radius 2 is 2.05 bits per heavy atom. The number of aryl methyl sites for hydroxylation is 3. The van der Waals surface area contributed by atoms with Crippen molar-refractivity contribution in [2.45, 2.75) is 52.6 Å². The van der Waals surface area contributed by atoms with Gasteiger partial charge in [0.1, 0.15) is 6.33 Å². The van der Waals surface area contributed by atoms with Crippen molar-refractivity contribution in [3.05, 3.63) is 28.6 Å². The second-order valence-corrected chi connectivity index (χ2v) is 5.51. The van der Waals surface area contributed by atoms with Gasteiger partial charge in [-0.05, 0) is 27.2 Å². The maximum absolute atomic E-state index is 12.1. The minimum Gasteiger partial charge on any atom is -0.426 e. The molecular formula is C12H19N5O2. The van der Waals surface area contributed by atoms with Gasteiger partial charge in [0.15, 0.2) is 0 Å². The lowest BCUT2D eigenvalue weighted by molar-refractivity contribution is 0.339. The van der Waals surface area contributed by atoms with E-state index in [0.29, 0.717) is 24.7 Å². The molecule has 0 fully saturated rings. The van der Waals surface area contributed by atoms with Crippen molar-refractivity contribution in [1.29, 1.82) is 0 Å². The van der Waals surface area contributed by atoms with Crippen molar-refractivity contribution in [1.82, 2.24) is 24.5 Å². The topological polar surface area (TPSA) is 78.7 Å². The second-order valence-electron chi connectivity index (χ2n) is 5.51. The first-order valence-corrected chi connectivity index (χ1v) is 6.32. The molecule has 0 N–H and O–H groups in total. The van der Waals surface area contributed by atoms with Crippen LogP contribution in [0.15, 0.2) is 15.5 Å². The highest BCUT2D eigenvalue weighted by Crippen LogP contribution is 2.08. The molecule has 0 radical (unpaired) electrons. The summed E-state index contributed by atoms with van der Waals surface area (Å²) in [6.07, 6.45) is 3.00. The molecule has 2 aromatic rings. The van der Waals surface area contributed by atoms with Gasteiger partial charge < -0.3 is 4.42 Å². The van der Waals surface area contributed by atoms with Crippen LogP contribution < -0.4 is 5.69 Å². The standard InChI is InChI=1S/C12H19N5O2/c1-9-14-15-10(19-9)6-5-7-16-8-13-17(11(16)18)12(2,3)4/h8H,5-7H2,1-4H3. The van der Waals surface area contributed by atoms with Gasteiger partial charge in [-0.15, -0.1) is 10.2 Å². The van der Waals surface area contributed by atoms with Crippen LogP contribution in [0.1, 0.15) is 39.0 Å². The Kier molecular flexibility index (Phi) is 3.55. The SMILES string of the molecule is Cc1nnc(CCCn2cnn(C(C)(C)C)c2=O)o1. The minimum absolute atomic E-state index is 0.0887. The quantitative estimate of drug-likeness (QED) is 0.827. The normalized spacial score (nSPS) is 12.0. The van der Waals surface area contributed by atoms with Gasteiger partial charge in [-0.1, -0.05) is 0 Å². The number of rotatable bonds is 4. The average Bonchev–Trinajstić information content (AvgIpc) is 2.86. The van der Waals surface area contributed by atoms with Crippen LogP contribution in [0.25, 0.3) is 0 Å². The largest absolute Gasteiger partial charge is 0.426 e. The van der Waals surface area contributed by atoms with Crippen molar-refractivity contribution in [3.8, 4) is 0 Å². The maximum Gasteiger partial charge on any atom is 0.346 e. The molecule has 0 aliphatic heterocycles. The summed E-state index contributed by atoms with van der Waals surface area (Å²) in [4.78, 5) is 12.1. The Labute approximate surface area is 111 Å². The van der Waals surface area contributed by atoms with E-state index in [1.165, 1.54) is 4.68 Å². The first-order valence-electron chi connectivity index (χ1n) is 6.32. The number of hydrogen-bond donors (Lipinski definition) is 0. The minimum atomic E-state index is -0.300. The van der Waals surface area contributed by atoms with Gasteiger partial charge in [0.2, 0.25) is 11.8 Å². The van der Waals surface area contributed by atoms with Gasteiger partial charge in [0, 0.05) is 19.9 Å². The van der Waals surface area contributed by atoms with Crippen LogP contribution in [0.3, 0.4) is 0 Å². The third-order valence-electron chi connectivity index (χ3n) is 2.73. The fourth-order valence-electron chi connectivity index (χ4n) is 1.79. The molecule has 0 aromatic carbocycles. The highest BCUT2D eigenvalue weighted by molar-refractivity contribution is 4.80. The molecule has 0 saturated heterocycles. The molecular weight excluding hydrogens is 246 g/mol. The molecule has 0 aliphatic carbocycles. The van der Waals surface area contributed by atoms with Crippen molar-refractivity contribution in [3.63, 3.8) is 0 Å². The Morgan fingerprint density at radius 3 is 2.58 bits per heavy atom. The Morgan fingerprint density at radius 1 is 1.32 bits per heavy atom. The van der Waals surface area contributed by atoms with Crippen LogP contribution in [-0.4, -0.2) is 24.5 Å². The fourth-order valence-corrected chi connectivity index (χ4v) is 1.79. The molecule has 7 nitrogen and oxygen atoms in total. The maximum atomic E-state index is 12.1. The lowest BCUT2D eigenvalue weighted by Gasteiger charge is -2.16. The number of hydrogen-bond acceptors (Lipinski definition) is 5. The summed E-state index contributed by atoms with van der Waals surface area (Å²) in [5, 5.41) is 11.8. The summed E-state index contributed by atoms with van der Waals surface area (Å²) >= 11 is 0. The molecule has 7 heteroatoms. The molecule has 0 aliphatic rings. The second kappa shape index (κ2) is 4.99. The molecule has 0 unspecified atom stereocenters. The smallest absolute Gasteiger partial charge is 0.346 e. The van der Waals surface area contributed by atoms with E-state index in [1.54, 1.807) is 17.8 Å². The molecule has 0 atom stereocenters. The molecule has 0 spiro atoms. The highest BCUT2D eigenvalue weighted by atomic mass is 16.4. The summed E-state index contributed by atoms with van der Waals surface area (Å²) in [5.41, 5.74) is -0.388. The monoisotopic (exact) mass is 265 g/mol. The van der Waals surface area contributed by atoms with Gasteiger partial charge in [0.05, 0.1) is 5.54 Å². The third kappa shape index (κ3) is 3.10. The zero-order valence-electron chi connectivity index (χ0n) is 11.8. The van der Waals surface area contributed by atoms with E-state index >= 15 is 0 Å². The average molecular weight is 265 g/mol. The van der Waals surface area contributed by atoms with E-state index < -0.39 is 0 Å². The summed E-state index contributed by atoms with van der Waals surface area (Å²) in [7, 11) is 0. The van der Waals surface area contributed by atoms with Gasteiger partial charge in [-0.25, -0.2) is 9.48 Å². The summed E-state index contributed by atoms with van der Waals surface area (Å²) in [6, 6.07) is 0. The highest BCUT2D eigenvalue weighted by Gasteiger charge is 2.18. The summed E-state index contributed by atoms with van der Waals surface area (Å²) in [5.74, 6) is 1.17. The molecule has 0 amide bonds. The Hall–Kier alpha value is -1.92. The van der Waals surface area contributed by atoms with Crippen molar-refractivity contribution < 1.29 is 4.42 Å². The Balaban J connectivity index is 1.97. The molecule has 0 saturated carbocycles. The molecule has 2 heterocycles. The van der Waals surface area contributed by atoms with Crippen LogP contribution in [0, 0.1) is 6.92 Å². The van der Waals surface area contributed by atoms with Gasteiger partial charge >= 0.3 is 5.69 Å². The van der Waals surface area contributed by atoms with Crippen LogP contribution in [0.4, 0.5) is 0 Å². The molecule has 104 valence electrons. The predicted molar refractivity (Wildman–Crippen MR) is 68.8 cm³/mol. The van der Waals surface area contributed by atoms with Crippen molar-refractivity contribution >= 4 is 0 Å². The molecule has 2 aromatic heterocycles. The van der Waals surface area contributed by atoms with E-state index in [-0.39, 0.29) is 11.2 Å². The van der Waals surface area contributed by atoms with Crippen molar-refractivity contribution in [2.75, 3.05) is 0 Å². The lowest BCUT2D eigenvalue weighted by Crippen LogP contribution is -2.35. The Bertz CT molecular complexity index is 602. The predicted octanol–water partition coefficient (Wildman–Crippen LogP) is 1.12. The van der Waals surface area contributed by atoms with Crippen LogP contribution in [0.5, 0.6) is 0 Å². The van der Waals surface area contributed by atoms with Gasteiger partial charge in [-0.2, -0.15) is 5.10 Å². The fraction of sp³-hybridized carbons (Fsp3) is 0.667. The van der Waals surface area contributed by atoms with E-state index in [0.717, 1.165) is 6.42 Å². The number of aromatic nitrogens is 5. The van der Waals surface area contributed by atoms with Gasteiger partial charge in [0.25, 0.3) is 0 Å². The van der Waals surface area contributed by atoms with E-state index in [9.17, 15) is 4.79 Å². The van der Waals surface area contributed by atoms with Crippen LogP contribution in [-0.2, 0) is 18.5 Å². The van der Waals surface area contributed by atoms with Crippen molar-refractivity contribution in [2.24, 2.45) is 0 Å². The van der Waals surface area contributed by atoms with Crippen LogP contribution in [0.2, 0.25) is 0 Å². The lowest BCUT2D eigenvalue weighted by atomic mass is 10.1. The zero-order chi connectivity index (χ0) is 14.0. The summed E-state index contributed by atoms with van der Waals surface area (Å²) < 4.78 is 8.38. The molecule has 19 heavy (non-hydrogen) atoms. The van der Waals surface area contributed by atoms with Crippen LogP contribution >= 0.6 is 0 Å². The first kappa shape index (κ1) is 13.5. The molecule has 0 bridgehead atoms. The van der Waals surface area contributed by atoms with E-state index in [4.69, 9.17) is 4.42 Å². The van der Waals surface area contributed by atoms with Gasteiger partial charge in [-0.3, -0.25) is 4.57 Å².